The van der Waals surface area contributed by atoms with Crippen LogP contribution in [0, 0.1) is 0 Å². The molecule has 2 amide bonds. The van der Waals surface area contributed by atoms with Gasteiger partial charge >= 0.3 is 0 Å². The van der Waals surface area contributed by atoms with Crippen molar-refractivity contribution in [3.05, 3.63) is 114 Å². The highest BCUT2D eigenvalue weighted by molar-refractivity contribution is 6.30. The van der Waals surface area contributed by atoms with Crippen molar-refractivity contribution in [1.29, 1.82) is 0 Å². The van der Waals surface area contributed by atoms with E-state index in [1.54, 1.807) is 54.6 Å². The van der Waals surface area contributed by atoms with E-state index in [0.717, 1.165) is 10.9 Å². The second-order valence-electron chi connectivity index (χ2n) is 7.71. The lowest BCUT2D eigenvalue weighted by Gasteiger charge is -2.06. The zero-order chi connectivity index (χ0) is 24.2. The van der Waals surface area contributed by atoms with Crippen molar-refractivity contribution in [2.24, 2.45) is 0 Å². The summed E-state index contributed by atoms with van der Waals surface area (Å²) in [6, 6.07) is 26.8. The average Bonchev–Trinajstić information content (AvgIpc) is 3.52. The molecule has 2 N–H and O–H groups in total. The highest BCUT2D eigenvalue weighted by atomic mass is 35.5. The largest absolute Gasteiger partial charge is 0.457 e. The summed E-state index contributed by atoms with van der Waals surface area (Å²) in [5.74, 6) is 0.799. The van der Waals surface area contributed by atoms with Gasteiger partial charge in [0, 0.05) is 33.4 Å². The number of furan rings is 2. The van der Waals surface area contributed by atoms with E-state index in [2.05, 4.69) is 10.6 Å². The van der Waals surface area contributed by atoms with Crippen molar-refractivity contribution in [3.63, 3.8) is 0 Å². The quantitative estimate of drug-likeness (QED) is 0.249. The van der Waals surface area contributed by atoms with Crippen LogP contribution < -0.4 is 10.6 Å². The molecule has 0 atom stereocenters. The van der Waals surface area contributed by atoms with Gasteiger partial charge in [0.1, 0.15) is 17.1 Å². The molecule has 5 aromatic rings. The summed E-state index contributed by atoms with van der Waals surface area (Å²) >= 11 is 5.92. The molecule has 0 fully saturated rings. The van der Waals surface area contributed by atoms with Crippen LogP contribution >= 0.6 is 11.6 Å². The Morgan fingerprint density at radius 1 is 0.771 bits per heavy atom. The normalized spacial score (nSPS) is 11.1. The molecular formula is C28H19ClN2O4. The molecule has 0 saturated heterocycles. The van der Waals surface area contributed by atoms with Crippen LogP contribution in [0.2, 0.25) is 5.02 Å². The Bertz CT molecular complexity index is 1500. The van der Waals surface area contributed by atoms with Gasteiger partial charge in [-0.1, -0.05) is 29.8 Å². The fourth-order valence-corrected chi connectivity index (χ4v) is 3.60. The summed E-state index contributed by atoms with van der Waals surface area (Å²) in [7, 11) is 0. The van der Waals surface area contributed by atoms with E-state index < -0.39 is 0 Å². The number of carbonyl (C=O) groups excluding carboxylic acids is 2. The van der Waals surface area contributed by atoms with Gasteiger partial charge in [-0.3, -0.25) is 9.59 Å². The molecule has 7 heteroatoms. The first-order valence-electron chi connectivity index (χ1n) is 10.8. The van der Waals surface area contributed by atoms with Crippen molar-refractivity contribution >= 4 is 51.8 Å². The third-order valence-corrected chi connectivity index (χ3v) is 5.47. The summed E-state index contributed by atoms with van der Waals surface area (Å²) in [5, 5.41) is 7.07. The van der Waals surface area contributed by atoms with Gasteiger partial charge in [-0.15, -0.1) is 0 Å². The molecule has 0 bridgehead atoms. The van der Waals surface area contributed by atoms with Crippen LogP contribution in [0.15, 0.2) is 106 Å². The molecule has 0 aliphatic rings. The molecule has 2 aromatic heterocycles. The zero-order valence-electron chi connectivity index (χ0n) is 18.3. The van der Waals surface area contributed by atoms with Crippen molar-refractivity contribution in [3.8, 4) is 11.3 Å². The molecular weight excluding hydrogens is 464 g/mol. The Balaban J connectivity index is 1.17. The monoisotopic (exact) mass is 482 g/mol. The van der Waals surface area contributed by atoms with Gasteiger partial charge in [-0.2, -0.15) is 0 Å². The molecule has 6 nitrogen and oxygen atoms in total. The van der Waals surface area contributed by atoms with Crippen LogP contribution in [-0.4, -0.2) is 11.8 Å². The number of anilines is 2. The molecule has 5 rings (SSSR count). The van der Waals surface area contributed by atoms with E-state index >= 15 is 0 Å². The summed E-state index contributed by atoms with van der Waals surface area (Å²) in [6.45, 7) is 0. The van der Waals surface area contributed by atoms with E-state index in [1.165, 1.54) is 6.08 Å². The maximum atomic E-state index is 12.5. The summed E-state index contributed by atoms with van der Waals surface area (Å²) in [5.41, 5.74) is 2.71. The summed E-state index contributed by atoms with van der Waals surface area (Å²) in [6.07, 6.45) is 2.98. The van der Waals surface area contributed by atoms with Gasteiger partial charge in [0.2, 0.25) is 5.91 Å². The lowest BCUT2D eigenvalue weighted by Crippen LogP contribution is -2.11. The van der Waals surface area contributed by atoms with Crippen molar-refractivity contribution in [1.82, 2.24) is 0 Å². The number of fused-ring (bicyclic) bond motifs is 1. The molecule has 0 spiro atoms. The average molecular weight is 483 g/mol. The molecule has 35 heavy (non-hydrogen) atoms. The first-order chi connectivity index (χ1) is 17.0. The van der Waals surface area contributed by atoms with Gasteiger partial charge in [-0.05, 0) is 78.9 Å². The number of nitrogens with one attached hydrogen (secondary N) is 2. The SMILES string of the molecule is O=C(/C=C/c1ccc(-c2ccc(Cl)cc2)o1)Nc1ccc(NC(=O)c2cc3ccccc3o2)cc1. The number of rotatable bonds is 6. The third kappa shape index (κ3) is 5.34. The number of hydrogen-bond acceptors (Lipinski definition) is 4. The predicted molar refractivity (Wildman–Crippen MR) is 137 cm³/mol. The maximum Gasteiger partial charge on any atom is 0.291 e. The number of hydrogen-bond donors (Lipinski definition) is 2. The first-order valence-corrected chi connectivity index (χ1v) is 11.2. The topological polar surface area (TPSA) is 84.5 Å². The van der Waals surface area contributed by atoms with Crippen molar-refractivity contribution < 1.29 is 18.4 Å². The second-order valence-corrected chi connectivity index (χ2v) is 8.15. The highest BCUT2D eigenvalue weighted by Crippen LogP contribution is 2.24. The third-order valence-electron chi connectivity index (χ3n) is 5.21. The van der Waals surface area contributed by atoms with Crippen LogP contribution in [0.25, 0.3) is 28.4 Å². The second kappa shape index (κ2) is 9.75. The zero-order valence-corrected chi connectivity index (χ0v) is 19.1. The number of benzene rings is 3. The maximum absolute atomic E-state index is 12.5. The van der Waals surface area contributed by atoms with E-state index in [0.29, 0.717) is 33.5 Å². The van der Waals surface area contributed by atoms with Crippen LogP contribution in [-0.2, 0) is 4.79 Å². The smallest absolute Gasteiger partial charge is 0.291 e. The van der Waals surface area contributed by atoms with E-state index in [4.69, 9.17) is 20.4 Å². The molecule has 0 unspecified atom stereocenters. The Kier molecular flexibility index (Phi) is 6.20. The van der Waals surface area contributed by atoms with E-state index in [1.807, 2.05) is 42.5 Å². The Labute approximate surface area is 205 Å². The number of carbonyl (C=O) groups is 2. The Morgan fingerprint density at radius 3 is 2.23 bits per heavy atom. The fourth-order valence-electron chi connectivity index (χ4n) is 3.48. The number of amides is 2. The molecule has 0 aliphatic carbocycles. The van der Waals surface area contributed by atoms with E-state index in [9.17, 15) is 9.59 Å². The summed E-state index contributed by atoms with van der Waals surface area (Å²) < 4.78 is 11.3. The lowest BCUT2D eigenvalue weighted by molar-refractivity contribution is -0.111. The fraction of sp³-hybridized carbons (Fsp3) is 0. The predicted octanol–water partition coefficient (Wildman–Crippen LogP) is 7.25. The van der Waals surface area contributed by atoms with Crippen LogP contribution in [0.4, 0.5) is 11.4 Å². The van der Waals surface area contributed by atoms with Crippen molar-refractivity contribution in [2.75, 3.05) is 10.6 Å². The summed E-state index contributed by atoms with van der Waals surface area (Å²) in [4.78, 5) is 24.8. The number of para-hydroxylation sites is 1. The van der Waals surface area contributed by atoms with Crippen molar-refractivity contribution in [2.45, 2.75) is 0 Å². The van der Waals surface area contributed by atoms with Gasteiger partial charge in [0.25, 0.3) is 5.91 Å². The number of halogens is 1. The minimum absolute atomic E-state index is 0.228. The van der Waals surface area contributed by atoms with Crippen LogP contribution in [0.1, 0.15) is 16.3 Å². The molecule has 0 aliphatic heterocycles. The molecule has 3 aromatic carbocycles. The Morgan fingerprint density at radius 2 is 1.49 bits per heavy atom. The molecule has 0 radical (unpaired) electrons. The van der Waals surface area contributed by atoms with Crippen LogP contribution in [0.3, 0.4) is 0 Å². The van der Waals surface area contributed by atoms with Gasteiger partial charge in [0.15, 0.2) is 5.76 Å². The highest BCUT2D eigenvalue weighted by Gasteiger charge is 2.12. The minimum Gasteiger partial charge on any atom is -0.457 e. The van der Waals surface area contributed by atoms with Crippen LogP contribution in [0.5, 0.6) is 0 Å². The lowest BCUT2D eigenvalue weighted by atomic mass is 10.2. The van der Waals surface area contributed by atoms with Gasteiger partial charge < -0.3 is 19.5 Å². The Hall–Kier alpha value is -4.55. The molecule has 172 valence electrons. The van der Waals surface area contributed by atoms with Gasteiger partial charge in [0.05, 0.1) is 0 Å². The molecule has 2 heterocycles. The first kappa shape index (κ1) is 22.3. The van der Waals surface area contributed by atoms with Gasteiger partial charge in [-0.25, -0.2) is 0 Å². The standard InChI is InChI=1S/C28H19ClN2O4/c29-20-7-5-18(6-8-20)25-15-13-23(34-25)14-16-27(32)30-21-9-11-22(12-10-21)31-28(33)26-17-19-3-1-2-4-24(19)35-26/h1-17H,(H,30,32)(H,31,33)/b16-14+. The molecule has 0 saturated carbocycles. The minimum atomic E-state index is -0.350. The van der Waals surface area contributed by atoms with E-state index in [-0.39, 0.29) is 17.6 Å².